The lowest BCUT2D eigenvalue weighted by Gasteiger charge is -2.42. The third kappa shape index (κ3) is 8.73. The monoisotopic (exact) mass is 960 g/mol. The van der Waals surface area contributed by atoms with Gasteiger partial charge in [-0.1, -0.05) is 24.3 Å². The summed E-state index contributed by atoms with van der Waals surface area (Å²) in [7, 11) is 5.64. The van der Waals surface area contributed by atoms with E-state index in [1.54, 1.807) is 23.2 Å². The molecule has 8 heterocycles. The van der Waals surface area contributed by atoms with Crippen LogP contribution in [0.5, 0.6) is 0 Å². The number of piperazine rings is 1. The number of hydrogen-bond donors (Lipinski definition) is 2. The molecular formula is C55H65N11O5. The van der Waals surface area contributed by atoms with Gasteiger partial charge < -0.3 is 14.5 Å². The predicted octanol–water partition coefficient (Wildman–Crippen LogP) is 6.05. The standard InChI is InChI=1S/C55H65N11O5/c1-34-31-62(32-37-6-13-45-49(28-37)61(5)55(71)66(45)46-14-15-50(67)58-52(46)68)26-27-65(34)33-36-17-22-64(23-18-36)53(69)40-9-7-38(8-10-40)39-19-24-63(25-20-39)35(2)47-30-43-42(16-21-56-51(43)59(47)3)41-11-12-44-48(29-41)60(4)54(70)57-44/h6-13,16,21,28-30,34-36,39,46H,14-15,17-20,22-27,31-33H2,1-5H3,(H,57,70)(H,58,67,68)/t34-,35-,46?/m0/s1. The smallest absolute Gasteiger partial charge is 0.329 e. The maximum Gasteiger partial charge on any atom is 0.329 e. The lowest BCUT2D eigenvalue weighted by atomic mass is 9.88. The van der Waals surface area contributed by atoms with Gasteiger partial charge in [0.25, 0.3) is 5.91 Å². The molecule has 71 heavy (non-hydrogen) atoms. The number of nitrogens with zero attached hydrogens (tertiary/aromatic N) is 9. The van der Waals surface area contributed by atoms with E-state index in [4.69, 9.17) is 4.98 Å². The molecule has 11 rings (SSSR count). The number of amides is 3. The minimum absolute atomic E-state index is 0.118. The topological polar surface area (TPSA) is 159 Å². The van der Waals surface area contributed by atoms with Crippen molar-refractivity contribution in [2.45, 2.75) is 83.0 Å². The van der Waals surface area contributed by atoms with Crippen LogP contribution in [0.1, 0.15) is 97.6 Å². The Morgan fingerprint density at radius 1 is 0.775 bits per heavy atom. The van der Waals surface area contributed by atoms with Crippen LogP contribution in [0.4, 0.5) is 0 Å². The van der Waals surface area contributed by atoms with Crippen molar-refractivity contribution in [3.63, 3.8) is 0 Å². The van der Waals surface area contributed by atoms with Crippen molar-refractivity contribution in [1.29, 1.82) is 0 Å². The molecule has 4 aliphatic rings. The largest absolute Gasteiger partial charge is 0.339 e. The van der Waals surface area contributed by atoms with E-state index in [2.05, 4.69) is 99.0 Å². The molecule has 0 aliphatic carbocycles. The minimum atomic E-state index is -0.690. The van der Waals surface area contributed by atoms with Crippen molar-refractivity contribution < 1.29 is 14.4 Å². The number of rotatable bonds is 10. The molecule has 2 N–H and O–H groups in total. The molecule has 3 amide bonds. The fourth-order valence-electron chi connectivity index (χ4n) is 12.3. The number of nitrogens with one attached hydrogen (secondary N) is 2. The van der Waals surface area contributed by atoms with Gasteiger partial charge in [0.15, 0.2) is 0 Å². The predicted molar refractivity (Wildman–Crippen MR) is 275 cm³/mol. The van der Waals surface area contributed by atoms with E-state index in [0.29, 0.717) is 29.8 Å². The molecule has 1 unspecified atom stereocenters. The second-order valence-corrected chi connectivity index (χ2v) is 20.9. The summed E-state index contributed by atoms with van der Waals surface area (Å²) in [6.45, 7) is 12.9. The molecule has 0 saturated carbocycles. The van der Waals surface area contributed by atoms with Crippen LogP contribution in [0, 0.1) is 5.92 Å². The normalized spacial score (nSPS) is 20.9. The molecular weight excluding hydrogens is 895 g/mol. The van der Waals surface area contributed by atoms with Crippen molar-refractivity contribution in [2.24, 2.45) is 27.1 Å². The molecule has 370 valence electrons. The van der Waals surface area contributed by atoms with E-state index in [0.717, 1.165) is 134 Å². The fourth-order valence-corrected chi connectivity index (χ4v) is 12.3. The van der Waals surface area contributed by atoms with E-state index in [-0.39, 0.29) is 35.7 Å². The Balaban J connectivity index is 0.644. The molecule has 3 aromatic carbocycles. The summed E-state index contributed by atoms with van der Waals surface area (Å²) < 4.78 is 7.02. The minimum Gasteiger partial charge on any atom is -0.339 e. The number of aromatic nitrogens is 6. The number of hydrogen-bond acceptors (Lipinski definition) is 9. The Morgan fingerprint density at radius 3 is 2.30 bits per heavy atom. The summed E-state index contributed by atoms with van der Waals surface area (Å²) in [4.78, 5) is 81.2. The molecule has 4 saturated heterocycles. The van der Waals surface area contributed by atoms with Gasteiger partial charge in [-0.05, 0) is 142 Å². The van der Waals surface area contributed by atoms with Crippen molar-refractivity contribution in [3.05, 3.63) is 122 Å². The molecule has 7 aromatic rings. The average Bonchev–Trinajstić information content (AvgIpc) is 3.97. The van der Waals surface area contributed by atoms with Gasteiger partial charge in [0.05, 0.1) is 22.1 Å². The number of imide groups is 1. The third-order valence-corrected chi connectivity index (χ3v) is 16.6. The Bertz CT molecular complexity index is 3310. The molecule has 0 radical (unpaired) electrons. The number of aromatic amines is 1. The zero-order valence-electron chi connectivity index (χ0n) is 41.6. The maximum absolute atomic E-state index is 13.8. The first-order chi connectivity index (χ1) is 34.3. The van der Waals surface area contributed by atoms with Crippen molar-refractivity contribution in [2.75, 3.05) is 52.4 Å². The van der Waals surface area contributed by atoms with Crippen LogP contribution < -0.4 is 16.7 Å². The molecule has 4 fully saturated rings. The van der Waals surface area contributed by atoms with E-state index in [1.807, 2.05) is 35.4 Å². The number of likely N-dealkylation sites (tertiary alicyclic amines) is 2. The first kappa shape index (κ1) is 46.7. The molecule has 0 bridgehead atoms. The average molecular weight is 960 g/mol. The van der Waals surface area contributed by atoms with Gasteiger partial charge in [-0.3, -0.25) is 48.1 Å². The Kier molecular flexibility index (Phi) is 12.4. The lowest BCUT2D eigenvalue weighted by Crippen LogP contribution is -2.53. The zero-order chi connectivity index (χ0) is 49.2. The number of imidazole rings is 2. The van der Waals surface area contributed by atoms with E-state index < -0.39 is 11.9 Å². The molecule has 3 atom stereocenters. The van der Waals surface area contributed by atoms with E-state index in [9.17, 15) is 24.0 Å². The van der Waals surface area contributed by atoms with Crippen molar-refractivity contribution in [3.8, 4) is 11.1 Å². The second kappa shape index (κ2) is 18.9. The number of benzene rings is 3. The zero-order valence-corrected chi connectivity index (χ0v) is 41.6. The van der Waals surface area contributed by atoms with Gasteiger partial charge in [0.2, 0.25) is 11.8 Å². The number of aryl methyl sites for hydroxylation is 3. The maximum atomic E-state index is 13.8. The Labute approximate surface area is 412 Å². The number of fused-ring (bicyclic) bond motifs is 3. The summed E-state index contributed by atoms with van der Waals surface area (Å²) in [6.07, 6.45) is 6.55. The van der Waals surface area contributed by atoms with Crippen LogP contribution in [0.2, 0.25) is 0 Å². The van der Waals surface area contributed by atoms with E-state index in [1.165, 1.54) is 15.8 Å². The van der Waals surface area contributed by atoms with Crippen LogP contribution in [0.25, 0.3) is 44.2 Å². The van der Waals surface area contributed by atoms with Gasteiger partial charge in [-0.25, -0.2) is 14.6 Å². The van der Waals surface area contributed by atoms with Gasteiger partial charge in [-0.15, -0.1) is 0 Å². The first-order valence-corrected chi connectivity index (χ1v) is 25.6. The molecule has 16 nitrogen and oxygen atoms in total. The van der Waals surface area contributed by atoms with Gasteiger partial charge in [-0.2, -0.15) is 0 Å². The Hall–Kier alpha value is -6.62. The number of carbonyl (C=O) groups excluding carboxylic acids is 3. The highest BCUT2D eigenvalue weighted by atomic mass is 16.2. The lowest BCUT2D eigenvalue weighted by molar-refractivity contribution is -0.135. The van der Waals surface area contributed by atoms with Crippen LogP contribution in [-0.2, 0) is 37.3 Å². The highest BCUT2D eigenvalue weighted by Gasteiger charge is 2.33. The summed E-state index contributed by atoms with van der Waals surface area (Å²) in [5.41, 5.74) is 10.4. The highest BCUT2D eigenvalue weighted by Crippen LogP contribution is 2.37. The van der Waals surface area contributed by atoms with Crippen LogP contribution in [0.15, 0.2) is 88.6 Å². The van der Waals surface area contributed by atoms with Crippen LogP contribution in [-0.4, -0.2) is 124 Å². The highest BCUT2D eigenvalue weighted by molar-refractivity contribution is 6.00. The Morgan fingerprint density at radius 2 is 1.55 bits per heavy atom. The molecule has 4 aliphatic heterocycles. The first-order valence-electron chi connectivity index (χ1n) is 25.6. The summed E-state index contributed by atoms with van der Waals surface area (Å²) in [5, 5.41) is 3.49. The third-order valence-electron chi connectivity index (χ3n) is 16.6. The number of H-pyrrole nitrogens is 1. The van der Waals surface area contributed by atoms with Crippen LogP contribution in [0.3, 0.4) is 0 Å². The second-order valence-electron chi connectivity index (χ2n) is 20.9. The molecule has 16 heteroatoms. The van der Waals surface area contributed by atoms with Crippen molar-refractivity contribution in [1.82, 2.24) is 53.2 Å². The van der Waals surface area contributed by atoms with Gasteiger partial charge >= 0.3 is 11.4 Å². The molecule has 0 spiro atoms. The SMILES string of the molecule is C[C@H]1CN(Cc2ccc3c(c2)n(C)c(=O)n3C2CCC(=O)NC2=O)CCN1CC1CCN(C(=O)c2ccc(C3CCN([C@@H](C)c4cc5c(-c6ccc7[nH]c(=O)n(C)c7c6)ccnc5n4C)CC3)cc2)CC1. The number of pyridine rings is 1. The number of carbonyl (C=O) groups is 3. The number of piperidine rings is 3. The van der Waals surface area contributed by atoms with Crippen LogP contribution >= 0.6 is 0 Å². The summed E-state index contributed by atoms with van der Waals surface area (Å²) in [6, 6.07) is 24.9. The van der Waals surface area contributed by atoms with E-state index >= 15 is 0 Å². The summed E-state index contributed by atoms with van der Waals surface area (Å²) >= 11 is 0. The van der Waals surface area contributed by atoms with Gasteiger partial charge in [0, 0.05) is 108 Å². The fraction of sp³-hybridized carbons (Fsp3) is 0.455. The quantitative estimate of drug-likeness (QED) is 0.156. The molecule has 4 aromatic heterocycles. The van der Waals surface area contributed by atoms with Gasteiger partial charge in [0.1, 0.15) is 11.7 Å². The summed E-state index contributed by atoms with van der Waals surface area (Å²) in [5.74, 6) is 0.426. The van der Waals surface area contributed by atoms with Crippen molar-refractivity contribution >= 4 is 50.8 Å².